The van der Waals surface area contributed by atoms with Crippen molar-refractivity contribution in [1.29, 1.82) is 0 Å². The molecule has 0 saturated carbocycles. The Balaban J connectivity index is 1.84. The number of benzene rings is 1. The fourth-order valence-electron chi connectivity index (χ4n) is 2.41. The number of aromatic hydroxyl groups is 1. The maximum Gasteiger partial charge on any atom is 0.115 e. The maximum absolute atomic E-state index is 9.22. The monoisotopic (exact) mass is 236 g/mol. The summed E-state index contributed by atoms with van der Waals surface area (Å²) < 4.78 is 5.71. The molecule has 17 heavy (non-hydrogen) atoms. The molecule has 1 heterocycles. The van der Waals surface area contributed by atoms with Crippen LogP contribution in [0.3, 0.4) is 0 Å². The lowest BCUT2D eigenvalue weighted by Crippen LogP contribution is -2.89. The van der Waals surface area contributed by atoms with Crippen LogP contribution < -0.4 is 5.32 Å². The van der Waals surface area contributed by atoms with Crippen LogP contribution in [0.1, 0.15) is 32.3 Å². The first-order valence-corrected chi connectivity index (χ1v) is 6.30. The molecule has 0 aromatic heterocycles. The van der Waals surface area contributed by atoms with Crippen molar-refractivity contribution < 1.29 is 15.2 Å². The molecule has 2 rings (SSSR count). The average molecular weight is 236 g/mol. The van der Waals surface area contributed by atoms with Crippen LogP contribution in [0.15, 0.2) is 24.3 Å². The number of phenolic OH excluding ortho intramolecular Hbond substituents is 1. The van der Waals surface area contributed by atoms with Gasteiger partial charge in [-0.3, -0.25) is 0 Å². The van der Waals surface area contributed by atoms with Crippen molar-refractivity contribution in [3.05, 3.63) is 29.8 Å². The van der Waals surface area contributed by atoms with Crippen LogP contribution in [0.5, 0.6) is 5.75 Å². The van der Waals surface area contributed by atoms with Gasteiger partial charge in [0.15, 0.2) is 0 Å². The van der Waals surface area contributed by atoms with Gasteiger partial charge in [-0.25, -0.2) is 0 Å². The molecule has 0 aliphatic carbocycles. The summed E-state index contributed by atoms with van der Waals surface area (Å²) in [5, 5.41) is 11.6. The second kappa shape index (κ2) is 5.07. The van der Waals surface area contributed by atoms with Gasteiger partial charge < -0.3 is 15.2 Å². The van der Waals surface area contributed by atoms with Gasteiger partial charge in [-0.05, 0) is 38.1 Å². The minimum atomic E-state index is 0.0222. The molecule has 1 aromatic carbocycles. The molecular weight excluding hydrogens is 214 g/mol. The highest BCUT2D eigenvalue weighted by Crippen LogP contribution is 2.22. The molecule has 1 atom stereocenters. The number of rotatable bonds is 3. The molecular formula is C14H22NO2+. The third-order valence-corrected chi connectivity index (χ3v) is 3.36. The fourth-order valence-corrected chi connectivity index (χ4v) is 2.41. The molecule has 0 unspecified atom stereocenters. The largest absolute Gasteiger partial charge is 0.508 e. The summed E-state index contributed by atoms with van der Waals surface area (Å²) in [6.45, 7) is 6.16. The van der Waals surface area contributed by atoms with E-state index in [2.05, 4.69) is 19.2 Å². The molecule has 1 aliphatic heterocycles. The highest BCUT2D eigenvalue weighted by molar-refractivity contribution is 5.25. The number of nitrogens with two attached hydrogens (primary N) is 1. The predicted octanol–water partition coefficient (Wildman–Crippen LogP) is 1.41. The lowest BCUT2D eigenvalue weighted by Gasteiger charge is -2.34. The summed E-state index contributed by atoms with van der Waals surface area (Å²) in [4.78, 5) is 0. The molecule has 1 saturated heterocycles. The molecule has 1 aromatic rings. The summed E-state index contributed by atoms with van der Waals surface area (Å²) in [5.74, 6) is 0.334. The number of phenols is 1. The Labute approximate surface area is 103 Å². The van der Waals surface area contributed by atoms with Gasteiger partial charge in [0.25, 0.3) is 0 Å². The quantitative estimate of drug-likeness (QED) is 0.833. The van der Waals surface area contributed by atoms with Gasteiger partial charge in [-0.2, -0.15) is 0 Å². The fraction of sp³-hybridized carbons (Fsp3) is 0.571. The zero-order valence-electron chi connectivity index (χ0n) is 10.6. The van der Waals surface area contributed by atoms with E-state index in [4.69, 9.17) is 4.74 Å². The Kier molecular flexibility index (Phi) is 3.69. The number of quaternary nitrogens is 1. The first-order chi connectivity index (χ1) is 8.05. The van der Waals surface area contributed by atoms with Crippen molar-refractivity contribution in [3.63, 3.8) is 0 Å². The second-order valence-corrected chi connectivity index (χ2v) is 5.47. The van der Waals surface area contributed by atoms with Gasteiger partial charge in [-0.1, -0.05) is 0 Å². The Morgan fingerprint density at radius 3 is 2.71 bits per heavy atom. The zero-order valence-corrected chi connectivity index (χ0v) is 10.6. The van der Waals surface area contributed by atoms with E-state index >= 15 is 0 Å². The highest BCUT2D eigenvalue weighted by Gasteiger charge is 2.30. The van der Waals surface area contributed by atoms with E-state index in [9.17, 15) is 5.11 Å². The van der Waals surface area contributed by atoms with Crippen LogP contribution in [-0.4, -0.2) is 23.4 Å². The first-order valence-electron chi connectivity index (χ1n) is 6.30. The molecule has 0 amide bonds. The molecule has 3 nitrogen and oxygen atoms in total. The normalized spacial score (nSPS) is 23.5. The van der Waals surface area contributed by atoms with E-state index in [1.54, 1.807) is 12.1 Å². The summed E-state index contributed by atoms with van der Waals surface area (Å²) in [7, 11) is 0. The lowest BCUT2D eigenvalue weighted by atomic mass is 9.94. The molecule has 1 aliphatic rings. The first kappa shape index (κ1) is 12.4. The minimum absolute atomic E-state index is 0.0222. The number of hydrogen-bond donors (Lipinski definition) is 2. The molecule has 0 bridgehead atoms. The Morgan fingerprint density at radius 2 is 2.06 bits per heavy atom. The zero-order chi connectivity index (χ0) is 12.3. The molecule has 3 heteroatoms. The molecule has 3 N–H and O–H groups in total. The maximum atomic E-state index is 9.22. The third-order valence-electron chi connectivity index (χ3n) is 3.36. The van der Waals surface area contributed by atoms with E-state index in [0.29, 0.717) is 11.8 Å². The van der Waals surface area contributed by atoms with Crippen molar-refractivity contribution in [2.24, 2.45) is 0 Å². The van der Waals surface area contributed by atoms with Gasteiger partial charge >= 0.3 is 0 Å². The lowest BCUT2D eigenvalue weighted by molar-refractivity contribution is -0.709. The standard InChI is InChI=1S/C14H21NO2/c1-14(2)9-12(7-8-17-14)15-10-11-3-5-13(16)6-4-11/h3-6,12,15-16H,7-10H2,1-2H3/p+1/t12-/m0/s1. The summed E-state index contributed by atoms with van der Waals surface area (Å²) in [6.07, 6.45) is 2.23. The highest BCUT2D eigenvalue weighted by atomic mass is 16.5. The van der Waals surface area contributed by atoms with Crippen molar-refractivity contribution >= 4 is 0 Å². The number of ether oxygens (including phenoxy) is 1. The third kappa shape index (κ3) is 3.72. The molecule has 1 fully saturated rings. The van der Waals surface area contributed by atoms with E-state index in [1.165, 1.54) is 5.56 Å². The predicted molar refractivity (Wildman–Crippen MR) is 66.8 cm³/mol. The molecule has 0 radical (unpaired) electrons. The van der Waals surface area contributed by atoms with E-state index in [-0.39, 0.29) is 5.60 Å². The summed E-state index contributed by atoms with van der Waals surface area (Å²) in [5.41, 5.74) is 1.28. The Hall–Kier alpha value is -1.06. The van der Waals surface area contributed by atoms with Gasteiger partial charge in [0, 0.05) is 18.4 Å². The summed E-state index contributed by atoms with van der Waals surface area (Å²) >= 11 is 0. The van der Waals surface area contributed by atoms with Crippen LogP contribution in [0.2, 0.25) is 0 Å². The van der Waals surface area contributed by atoms with Gasteiger partial charge in [0.05, 0.1) is 18.2 Å². The average Bonchev–Trinajstić information content (AvgIpc) is 2.27. The van der Waals surface area contributed by atoms with Crippen LogP contribution in [0.4, 0.5) is 0 Å². The van der Waals surface area contributed by atoms with Gasteiger partial charge in [0.2, 0.25) is 0 Å². The molecule has 0 spiro atoms. The van der Waals surface area contributed by atoms with Crippen LogP contribution in [0.25, 0.3) is 0 Å². The summed E-state index contributed by atoms with van der Waals surface area (Å²) in [6, 6.07) is 8.10. The van der Waals surface area contributed by atoms with Crippen molar-refractivity contribution in [2.75, 3.05) is 6.61 Å². The van der Waals surface area contributed by atoms with Gasteiger partial charge in [0.1, 0.15) is 12.3 Å². The Bertz CT molecular complexity index is 359. The minimum Gasteiger partial charge on any atom is -0.508 e. The van der Waals surface area contributed by atoms with E-state index in [1.807, 2.05) is 12.1 Å². The van der Waals surface area contributed by atoms with Crippen LogP contribution >= 0.6 is 0 Å². The SMILES string of the molecule is CC1(C)C[C@@H]([NH2+]Cc2ccc(O)cc2)CCO1. The smallest absolute Gasteiger partial charge is 0.115 e. The Morgan fingerprint density at radius 1 is 1.35 bits per heavy atom. The topological polar surface area (TPSA) is 46.1 Å². The van der Waals surface area contributed by atoms with Crippen molar-refractivity contribution in [2.45, 2.75) is 44.9 Å². The van der Waals surface area contributed by atoms with E-state index < -0.39 is 0 Å². The van der Waals surface area contributed by atoms with Crippen molar-refractivity contribution in [3.8, 4) is 5.75 Å². The van der Waals surface area contributed by atoms with Crippen LogP contribution in [0, 0.1) is 0 Å². The number of hydrogen-bond acceptors (Lipinski definition) is 2. The van der Waals surface area contributed by atoms with Crippen LogP contribution in [-0.2, 0) is 11.3 Å². The van der Waals surface area contributed by atoms with Crippen molar-refractivity contribution in [1.82, 2.24) is 0 Å². The van der Waals surface area contributed by atoms with E-state index in [0.717, 1.165) is 26.0 Å². The van der Waals surface area contributed by atoms with Gasteiger partial charge in [-0.15, -0.1) is 0 Å². The second-order valence-electron chi connectivity index (χ2n) is 5.47. The molecule has 94 valence electrons.